The van der Waals surface area contributed by atoms with Gasteiger partial charge in [0.1, 0.15) is 5.76 Å². The Morgan fingerprint density at radius 1 is 1.62 bits per heavy atom. The van der Waals surface area contributed by atoms with E-state index in [4.69, 9.17) is 4.42 Å². The molecule has 3 heteroatoms. The van der Waals surface area contributed by atoms with Gasteiger partial charge in [0.05, 0.1) is 12.7 Å². The average molecular weight is 180 g/mol. The highest BCUT2D eigenvalue weighted by Crippen LogP contribution is 2.39. The number of hydrogen-bond donors (Lipinski definition) is 1. The predicted molar refractivity (Wildman–Crippen MR) is 50.2 cm³/mol. The summed E-state index contributed by atoms with van der Waals surface area (Å²) in [4.78, 5) is 3.86. The number of oxazole rings is 1. The minimum absolute atomic E-state index is 0.542. The fourth-order valence-electron chi connectivity index (χ4n) is 1.77. The molecule has 13 heavy (non-hydrogen) atoms. The average Bonchev–Trinajstić information content (AvgIpc) is 2.54. The van der Waals surface area contributed by atoms with E-state index in [9.17, 15) is 0 Å². The van der Waals surface area contributed by atoms with E-state index < -0.39 is 0 Å². The summed E-state index contributed by atoms with van der Waals surface area (Å²) in [5, 5.41) is 3.40. The minimum Gasteiger partial charge on any atom is -0.447 e. The van der Waals surface area contributed by atoms with Gasteiger partial charge in [-0.25, -0.2) is 4.98 Å². The lowest BCUT2D eigenvalue weighted by Gasteiger charge is -2.38. The number of nitrogens with one attached hydrogen (secondary N) is 1. The molecule has 0 aromatic carbocycles. The van der Waals surface area contributed by atoms with Crippen LogP contribution in [0.25, 0.3) is 0 Å². The van der Waals surface area contributed by atoms with E-state index in [1.807, 2.05) is 0 Å². The zero-order valence-corrected chi connectivity index (χ0v) is 8.05. The van der Waals surface area contributed by atoms with Crippen LogP contribution in [0.3, 0.4) is 0 Å². The Labute approximate surface area is 78.5 Å². The Morgan fingerprint density at radius 3 is 3.00 bits per heavy atom. The number of nitrogens with zero attached hydrogens (tertiary/aromatic N) is 1. The van der Waals surface area contributed by atoms with Crippen molar-refractivity contribution in [2.24, 2.45) is 5.41 Å². The third-order valence-electron chi connectivity index (χ3n) is 2.90. The molecule has 72 valence electrons. The van der Waals surface area contributed by atoms with E-state index in [0.29, 0.717) is 5.41 Å². The lowest BCUT2D eigenvalue weighted by atomic mass is 9.70. The summed E-state index contributed by atoms with van der Waals surface area (Å²) in [5.41, 5.74) is 0.542. The molecule has 3 nitrogen and oxygen atoms in total. The quantitative estimate of drug-likeness (QED) is 0.769. The Bertz CT molecular complexity index is 252. The summed E-state index contributed by atoms with van der Waals surface area (Å²) >= 11 is 0. The second-order valence-electron chi connectivity index (χ2n) is 4.24. The second kappa shape index (κ2) is 3.50. The first-order valence-corrected chi connectivity index (χ1v) is 4.87. The zero-order chi connectivity index (χ0) is 9.15. The molecule has 1 aliphatic carbocycles. The van der Waals surface area contributed by atoms with Crippen LogP contribution >= 0.6 is 0 Å². The van der Waals surface area contributed by atoms with Gasteiger partial charge in [-0.05, 0) is 18.3 Å². The fraction of sp³-hybridized carbons (Fsp3) is 0.700. The Balaban J connectivity index is 1.69. The molecule has 0 bridgehead atoms. The lowest BCUT2D eigenvalue weighted by molar-refractivity contribution is 0.155. The first-order chi connectivity index (χ1) is 6.29. The van der Waals surface area contributed by atoms with E-state index in [-0.39, 0.29) is 0 Å². The molecule has 1 aromatic heterocycles. The van der Waals surface area contributed by atoms with Crippen LogP contribution in [-0.4, -0.2) is 11.5 Å². The van der Waals surface area contributed by atoms with Gasteiger partial charge < -0.3 is 9.73 Å². The van der Waals surface area contributed by atoms with Gasteiger partial charge in [-0.1, -0.05) is 13.3 Å². The molecule has 0 unspecified atom stereocenters. The normalized spacial score (nSPS) is 19.8. The van der Waals surface area contributed by atoms with Crippen molar-refractivity contribution in [2.75, 3.05) is 6.54 Å². The highest BCUT2D eigenvalue weighted by Gasteiger charge is 2.30. The molecule has 0 aliphatic heterocycles. The van der Waals surface area contributed by atoms with Gasteiger partial charge in [0, 0.05) is 6.54 Å². The van der Waals surface area contributed by atoms with Crippen molar-refractivity contribution in [3.05, 3.63) is 18.4 Å². The standard InChI is InChI=1S/C10H16N2O/c1-10(3-2-4-10)7-11-5-9-6-12-8-13-9/h6,8,11H,2-5,7H2,1H3. The molecule has 0 amide bonds. The maximum Gasteiger partial charge on any atom is 0.180 e. The summed E-state index contributed by atoms with van der Waals surface area (Å²) in [7, 11) is 0. The van der Waals surface area contributed by atoms with Crippen LogP contribution in [0.1, 0.15) is 31.9 Å². The summed E-state index contributed by atoms with van der Waals surface area (Å²) in [5.74, 6) is 0.919. The van der Waals surface area contributed by atoms with Crippen molar-refractivity contribution < 1.29 is 4.42 Å². The molecule has 1 aliphatic rings. The van der Waals surface area contributed by atoms with Gasteiger partial charge in [0.25, 0.3) is 0 Å². The first kappa shape index (κ1) is 8.75. The molecule has 1 heterocycles. The van der Waals surface area contributed by atoms with Crippen molar-refractivity contribution in [2.45, 2.75) is 32.7 Å². The fourth-order valence-corrected chi connectivity index (χ4v) is 1.77. The van der Waals surface area contributed by atoms with E-state index in [1.165, 1.54) is 25.7 Å². The number of aromatic nitrogens is 1. The van der Waals surface area contributed by atoms with E-state index in [2.05, 4.69) is 17.2 Å². The number of rotatable bonds is 4. The molecule has 0 atom stereocenters. The third kappa shape index (κ3) is 2.10. The Kier molecular flexibility index (Phi) is 2.36. The Morgan fingerprint density at radius 2 is 2.46 bits per heavy atom. The van der Waals surface area contributed by atoms with Gasteiger partial charge in [-0.15, -0.1) is 0 Å². The van der Waals surface area contributed by atoms with Crippen molar-refractivity contribution >= 4 is 0 Å². The SMILES string of the molecule is CC1(CNCc2cnco2)CCC1. The first-order valence-electron chi connectivity index (χ1n) is 4.87. The van der Waals surface area contributed by atoms with E-state index >= 15 is 0 Å². The van der Waals surface area contributed by atoms with Gasteiger partial charge in [0.2, 0.25) is 0 Å². The largest absolute Gasteiger partial charge is 0.447 e. The van der Waals surface area contributed by atoms with Gasteiger partial charge in [0.15, 0.2) is 6.39 Å². The third-order valence-corrected chi connectivity index (χ3v) is 2.90. The van der Waals surface area contributed by atoms with Crippen LogP contribution in [-0.2, 0) is 6.54 Å². The van der Waals surface area contributed by atoms with Crippen LogP contribution in [0.4, 0.5) is 0 Å². The molecule has 0 radical (unpaired) electrons. The van der Waals surface area contributed by atoms with Crippen LogP contribution in [0, 0.1) is 5.41 Å². The van der Waals surface area contributed by atoms with Gasteiger partial charge in [-0.3, -0.25) is 0 Å². The Hall–Kier alpha value is -0.830. The number of hydrogen-bond acceptors (Lipinski definition) is 3. The molecule has 1 aromatic rings. The molecule has 1 N–H and O–H groups in total. The molecule has 2 rings (SSSR count). The molecular formula is C10H16N2O. The smallest absolute Gasteiger partial charge is 0.180 e. The molecule has 1 fully saturated rings. The summed E-state index contributed by atoms with van der Waals surface area (Å²) < 4.78 is 5.13. The highest BCUT2D eigenvalue weighted by atomic mass is 16.3. The second-order valence-corrected chi connectivity index (χ2v) is 4.24. The van der Waals surface area contributed by atoms with Crippen molar-refractivity contribution in [1.82, 2.24) is 10.3 Å². The van der Waals surface area contributed by atoms with Crippen LogP contribution in [0.2, 0.25) is 0 Å². The van der Waals surface area contributed by atoms with Crippen LogP contribution < -0.4 is 5.32 Å². The zero-order valence-electron chi connectivity index (χ0n) is 8.05. The van der Waals surface area contributed by atoms with Gasteiger partial charge >= 0.3 is 0 Å². The molecule has 1 saturated carbocycles. The topological polar surface area (TPSA) is 38.1 Å². The highest BCUT2D eigenvalue weighted by molar-refractivity contribution is 4.90. The molecule has 0 spiro atoms. The monoisotopic (exact) mass is 180 g/mol. The van der Waals surface area contributed by atoms with Crippen molar-refractivity contribution in [3.63, 3.8) is 0 Å². The lowest BCUT2D eigenvalue weighted by Crippen LogP contribution is -2.36. The van der Waals surface area contributed by atoms with E-state index in [0.717, 1.165) is 18.8 Å². The van der Waals surface area contributed by atoms with Crippen molar-refractivity contribution in [3.8, 4) is 0 Å². The maximum absolute atomic E-state index is 5.13. The van der Waals surface area contributed by atoms with Crippen LogP contribution in [0.5, 0.6) is 0 Å². The predicted octanol–water partition coefficient (Wildman–Crippen LogP) is 1.95. The van der Waals surface area contributed by atoms with E-state index in [1.54, 1.807) is 6.20 Å². The van der Waals surface area contributed by atoms with Crippen LogP contribution in [0.15, 0.2) is 17.0 Å². The summed E-state index contributed by atoms with van der Waals surface area (Å²) in [6, 6.07) is 0. The molecular weight excluding hydrogens is 164 g/mol. The van der Waals surface area contributed by atoms with Gasteiger partial charge in [-0.2, -0.15) is 0 Å². The minimum atomic E-state index is 0.542. The molecule has 0 saturated heterocycles. The van der Waals surface area contributed by atoms with Crippen molar-refractivity contribution in [1.29, 1.82) is 0 Å². The summed E-state index contributed by atoms with van der Waals surface area (Å²) in [6.45, 7) is 4.23. The summed E-state index contributed by atoms with van der Waals surface area (Å²) in [6.07, 6.45) is 7.34. The maximum atomic E-state index is 5.13.